The Morgan fingerprint density at radius 2 is 2.11 bits per heavy atom. The topological polar surface area (TPSA) is 78.9 Å². The maximum atomic E-state index is 4.93. The average molecular weight is 359 g/mol. The van der Waals surface area contributed by atoms with Gasteiger partial charge < -0.3 is 15.5 Å². The predicted molar refractivity (Wildman–Crippen MR) is 104 cm³/mol. The second-order valence-corrected chi connectivity index (χ2v) is 7.81. The number of fused-ring (bicyclic) bond motifs is 3. The zero-order valence-corrected chi connectivity index (χ0v) is 15.0. The summed E-state index contributed by atoms with van der Waals surface area (Å²) in [4.78, 5) is 20.6. The molecule has 0 aromatic carbocycles. The molecule has 136 valence electrons. The molecule has 3 aliphatic rings. The minimum atomic E-state index is 0.542. The van der Waals surface area contributed by atoms with Gasteiger partial charge in [0, 0.05) is 31.4 Å². The molecule has 6 rings (SSSR count). The van der Waals surface area contributed by atoms with Crippen molar-refractivity contribution >= 4 is 28.4 Å². The van der Waals surface area contributed by atoms with Crippen molar-refractivity contribution in [3.8, 4) is 0 Å². The monoisotopic (exact) mass is 359 g/mol. The molecular formula is C20H21N7. The van der Waals surface area contributed by atoms with Gasteiger partial charge in [0.25, 0.3) is 0 Å². The largest absolute Gasteiger partial charge is 0.351 e. The number of piperazine rings is 1. The van der Waals surface area contributed by atoms with Crippen molar-refractivity contribution in [3.63, 3.8) is 0 Å². The van der Waals surface area contributed by atoms with E-state index in [2.05, 4.69) is 42.6 Å². The third-order valence-corrected chi connectivity index (χ3v) is 5.89. The van der Waals surface area contributed by atoms with Crippen molar-refractivity contribution in [2.75, 3.05) is 23.3 Å². The lowest BCUT2D eigenvalue weighted by Crippen LogP contribution is -2.44. The maximum Gasteiger partial charge on any atom is 0.160 e. The molecule has 0 unspecified atom stereocenters. The zero-order valence-electron chi connectivity index (χ0n) is 15.0. The van der Waals surface area contributed by atoms with Crippen LogP contribution in [0.25, 0.3) is 11.0 Å². The Morgan fingerprint density at radius 3 is 2.93 bits per heavy atom. The number of nitrogens with zero attached hydrogens (tertiary/aromatic N) is 5. The molecule has 1 aliphatic carbocycles. The summed E-state index contributed by atoms with van der Waals surface area (Å²) in [6, 6.07) is 7.43. The van der Waals surface area contributed by atoms with Crippen molar-refractivity contribution in [3.05, 3.63) is 42.5 Å². The summed E-state index contributed by atoms with van der Waals surface area (Å²) in [6.45, 7) is 2.06. The fourth-order valence-electron chi connectivity index (χ4n) is 4.33. The summed E-state index contributed by atoms with van der Waals surface area (Å²) < 4.78 is 0. The number of hydrogen-bond donors (Lipinski definition) is 2. The molecule has 7 heteroatoms. The van der Waals surface area contributed by atoms with E-state index >= 15 is 0 Å². The Hall–Kier alpha value is -2.80. The highest BCUT2D eigenvalue weighted by atomic mass is 15.3. The van der Waals surface area contributed by atoms with Crippen LogP contribution in [-0.2, 0) is 0 Å². The fourth-order valence-corrected chi connectivity index (χ4v) is 4.33. The van der Waals surface area contributed by atoms with E-state index in [1.807, 2.05) is 18.5 Å². The summed E-state index contributed by atoms with van der Waals surface area (Å²) in [7, 11) is 0. The van der Waals surface area contributed by atoms with E-state index in [0.29, 0.717) is 18.0 Å². The number of hydrogen-bond acceptors (Lipinski definition) is 7. The summed E-state index contributed by atoms with van der Waals surface area (Å²) in [5, 5.41) is 6.96. The first-order valence-electron chi connectivity index (χ1n) is 9.67. The van der Waals surface area contributed by atoms with Crippen LogP contribution in [0.3, 0.4) is 0 Å². The van der Waals surface area contributed by atoms with Crippen LogP contribution in [0, 0.1) is 0 Å². The van der Waals surface area contributed by atoms with Crippen molar-refractivity contribution in [2.24, 2.45) is 0 Å². The van der Waals surface area contributed by atoms with Gasteiger partial charge in [0.1, 0.15) is 17.7 Å². The number of anilines is 3. The van der Waals surface area contributed by atoms with Gasteiger partial charge in [-0.3, -0.25) is 4.98 Å². The Balaban J connectivity index is 1.36. The normalized spacial score (nSPS) is 23.9. The molecule has 3 aromatic heterocycles. The van der Waals surface area contributed by atoms with E-state index in [0.717, 1.165) is 41.4 Å². The Labute approximate surface area is 157 Å². The van der Waals surface area contributed by atoms with Crippen LogP contribution in [0.4, 0.5) is 17.3 Å². The van der Waals surface area contributed by atoms with Crippen LogP contribution in [0.5, 0.6) is 0 Å². The summed E-state index contributed by atoms with van der Waals surface area (Å²) >= 11 is 0. The number of rotatable bonds is 4. The van der Waals surface area contributed by atoms with Crippen LogP contribution in [0.15, 0.2) is 36.9 Å². The number of pyridine rings is 2. The van der Waals surface area contributed by atoms with Gasteiger partial charge in [0.2, 0.25) is 0 Å². The van der Waals surface area contributed by atoms with Gasteiger partial charge in [0.15, 0.2) is 5.82 Å². The van der Waals surface area contributed by atoms with Crippen LogP contribution in [0.2, 0.25) is 0 Å². The van der Waals surface area contributed by atoms with Gasteiger partial charge in [-0.15, -0.1) is 0 Å². The molecular weight excluding hydrogens is 338 g/mol. The van der Waals surface area contributed by atoms with Crippen molar-refractivity contribution in [1.29, 1.82) is 0 Å². The highest BCUT2D eigenvalue weighted by Gasteiger charge is 2.38. The molecule has 0 radical (unpaired) electrons. The summed E-state index contributed by atoms with van der Waals surface area (Å²) in [5.41, 5.74) is 3.91. The second-order valence-electron chi connectivity index (χ2n) is 7.81. The van der Waals surface area contributed by atoms with Crippen LogP contribution >= 0.6 is 0 Å². The van der Waals surface area contributed by atoms with E-state index in [-0.39, 0.29) is 0 Å². The van der Waals surface area contributed by atoms with Crippen molar-refractivity contribution in [2.45, 2.75) is 37.3 Å². The number of aromatic nitrogens is 4. The highest BCUT2D eigenvalue weighted by molar-refractivity contribution is 5.88. The second kappa shape index (κ2) is 5.85. The summed E-state index contributed by atoms with van der Waals surface area (Å²) in [6.07, 6.45) is 9.13. The number of nitrogens with one attached hydrogen (secondary N) is 2. The molecule has 3 aromatic rings. The average Bonchev–Trinajstić information content (AvgIpc) is 3.35. The molecule has 7 nitrogen and oxygen atoms in total. The molecule has 2 aliphatic heterocycles. The Kier molecular flexibility index (Phi) is 3.31. The SMILES string of the molecule is c1nc(Nc2cncc(C3CC3)c2)c2nc(N3C[C@@H]4C[C@H]3CN4)ccc2n1. The Morgan fingerprint density at radius 1 is 1.15 bits per heavy atom. The van der Waals surface area contributed by atoms with Crippen LogP contribution in [0.1, 0.15) is 30.7 Å². The van der Waals surface area contributed by atoms with Gasteiger partial charge in [-0.25, -0.2) is 15.0 Å². The first-order valence-corrected chi connectivity index (χ1v) is 9.67. The van der Waals surface area contributed by atoms with E-state index < -0.39 is 0 Å². The molecule has 2 atom stereocenters. The Bertz CT molecular complexity index is 1020. The lowest BCUT2D eigenvalue weighted by molar-refractivity contribution is 0.577. The van der Waals surface area contributed by atoms with Gasteiger partial charge in [-0.1, -0.05) is 0 Å². The van der Waals surface area contributed by atoms with E-state index in [1.165, 1.54) is 24.8 Å². The smallest absolute Gasteiger partial charge is 0.160 e. The minimum Gasteiger partial charge on any atom is -0.351 e. The molecule has 2 bridgehead atoms. The third kappa shape index (κ3) is 2.70. The standard InChI is InChI=1S/C20H21N7/c1-2-12(1)13-5-14(8-21-7-13)25-20-19-17(23-11-24-20)3-4-18(26-19)27-10-15-6-16(27)9-22-15/h3-5,7-8,11-12,15-16,22H,1-2,6,9-10H2,(H,23,24,25)/t15-,16-/m0/s1. The first-order chi connectivity index (χ1) is 13.3. The molecule has 0 amide bonds. The van der Waals surface area contributed by atoms with E-state index in [9.17, 15) is 0 Å². The van der Waals surface area contributed by atoms with Gasteiger partial charge >= 0.3 is 0 Å². The van der Waals surface area contributed by atoms with Crippen molar-refractivity contribution < 1.29 is 0 Å². The molecule has 5 heterocycles. The van der Waals surface area contributed by atoms with Crippen LogP contribution in [-0.4, -0.2) is 45.1 Å². The molecule has 2 saturated heterocycles. The third-order valence-electron chi connectivity index (χ3n) is 5.89. The molecule has 1 saturated carbocycles. The minimum absolute atomic E-state index is 0.542. The van der Waals surface area contributed by atoms with Gasteiger partial charge in [-0.05, 0) is 48.9 Å². The van der Waals surface area contributed by atoms with Gasteiger partial charge in [-0.2, -0.15) is 0 Å². The first kappa shape index (κ1) is 15.3. The van der Waals surface area contributed by atoms with Gasteiger partial charge in [0.05, 0.1) is 17.4 Å². The molecule has 27 heavy (non-hydrogen) atoms. The quantitative estimate of drug-likeness (QED) is 0.741. The van der Waals surface area contributed by atoms with E-state index in [4.69, 9.17) is 4.98 Å². The zero-order chi connectivity index (χ0) is 17.8. The fraction of sp³-hybridized carbons (Fsp3) is 0.400. The van der Waals surface area contributed by atoms with Crippen molar-refractivity contribution in [1.82, 2.24) is 25.3 Å². The predicted octanol–water partition coefficient (Wildman–Crippen LogP) is 2.59. The molecule has 0 spiro atoms. The lowest BCUT2D eigenvalue weighted by atomic mass is 10.2. The lowest BCUT2D eigenvalue weighted by Gasteiger charge is -2.28. The highest BCUT2D eigenvalue weighted by Crippen LogP contribution is 2.40. The molecule has 2 N–H and O–H groups in total. The summed E-state index contributed by atoms with van der Waals surface area (Å²) in [5.74, 6) is 2.42. The maximum absolute atomic E-state index is 4.93. The van der Waals surface area contributed by atoms with E-state index in [1.54, 1.807) is 6.33 Å². The molecule has 3 fully saturated rings. The van der Waals surface area contributed by atoms with Crippen LogP contribution < -0.4 is 15.5 Å².